The van der Waals surface area contributed by atoms with Gasteiger partial charge < -0.3 is 19.7 Å². The summed E-state index contributed by atoms with van der Waals surface area (Å²) < 4.78 is 10.6. The third-order valence-electron chi connectivity index (χ3n) is 4.31. The maximum absolute atomic E-state index is 12.6. The molecule has 0 unspecified atom stereocenters. The standard InChI is InChI=1S/C20H25N3O4/c1-3-26-18-8-6-5-7-17(18)22-14-16(13-21)19(24)23-11-9-15(10-12-23)20(25)27-4-2/h5-8,14-15,22H,3-4,9-12H2,1-2H3/b16-14-. The zero-order chi connectivity index (χ0) is 19.6. The van der Waals surface area contributed by atoms with Crippen LogP contribution in [0.1, 0.15) is 26.7 Å². The van der Waals surface area contributed by atoms with Crippen molar-refractivity contribution in [3.8, 4) is 11.8 Å². The van der Waals surface area contributed by atoms with E-state index in [0.29, 0.717) is 50.6 Å². The molecule has 1 heterocycles. The smallest absolute Gasteiger partial charge is 0.309 e. The molecule has 0 atom stereocenters. The largest absolute Gasteiger partial charge is 0.492 e. The molecule has 7 heteroatoms. The number of nitrogens with zero attached hydrogens (tertiary/aromatic N) is 2. The molecule has 1 aromatic rings. The zero-order valence-electron chi connectivity index (χ0n) is 15.7. The van der Waals surface area contributed by atoms with Crippen molar-refractivity contribution in [3.05, 3.63) is 36.0 Å². The van der Waals surface area contributed by atoms with Gasteiger partial charge in [-0.2, -0.15) is 5.26 Å². The highest BCUT2D eigenvalue weighted by atomic mass is 16.5. The number of esters is 1. The fourth-order valence-corrected chi connectivity index (χ4v) is 2.91. The number of amides is 1. The quantitative estimate of drug-likeness (QED) is 0.450. The first kappa shape index (κ1) is 20.3. The minimum Gasteiger partial charge on any atom is -0.492 e. The van der Waals surface area contributed by atoms with E-state index in [2.05, 4.69) is 5.32 Å². The summed E-state index contributed by atoms with van der Waals surface area (Å²) in [6.45, 7) is 5.39. The predicted octanol–water partition coefficient (Wildman–Crippen LogP) is 2.71. The van der Waals surface area contributed by atoms with Crippen LogP contribution in [0.15, 0.2) is 36.0 Å². The monoisotopic (exact) mass is 371 g/mol. The molecule has 1 N–H and O–H groups in total. The van der Waals surface area contributed by atoms with E-state index < -0.39 is 0 Å². The molecule has 1 saturated heterocycles. The van der Waals surface area contributed by atoms with Gasteiger partial charge in [0.25, 0.3) is 5.91 Å². The van der Waals surface area contributed by atoms with Crippen LogP contribution in [0.2, 0.25) is 0 Å². The number of likely N-dealkylation sites (tertiary alicyclic amines) is 1. The number of ether oxygens (including phenoxy) is 2. The first-order chi connectivity index (χ1) is 13.1. The second-order valence-electron chi connectivity index (χ2n) is 6.06. The predicted molar refractivity (Wildman–Crippen MR) is 101 cm³/mol. The number of para-hydroxylation sites is 2. The third-order valence-corrected chi connectivity index (χ3v) is 4.31. The van der Waals surface area contributed by atoms with E-state index in [1.807, 2.05) is 37.3 Å². The van der Waals surface area contributed by atoms with Crippen molar-refractivity contribution >= 4 is 17.6 Å². The number of carbonyl (C=O) groups is 2. The van der Waals surface area contributed by atoms with E-state index in [9.17, 15) is 14.9 Å². The Bertz CT molecular complexity index is 731. The second kappa shape index (κ2) is 10.2. The van der Waals surface area contributed by atoms with Gasteiger partial charge >= 0.3 is 5.97 Å². The molecular formula is C20H25N3O4. The maximum Gasteiger partial charge on any atom is 0.309 e. The van der Waals surface area contributed by atoms with Crippen LogP contribution in [-0.2, 0) is 14.3 Å². The van der Waals surface area contributed by atoms with Crippen LogP contribution in [0.5, 0.6) is 5.75 Å². The second-order valence-corrected chi connectivity index (χ2v) is 6.06. The molecule has 1 amide bonds. The van der Waals surface area contributed by atoms with Crippen LogP contribution in [0, 0.1) is 17.2 Å². The number of nitrogens with one attached hydrogen (secondary N) is 1. The Kier molecular flexibility index (Phi) is 7.68. The lowest BCUT2D eigenvalue weighted by Gasteiger charge is -2.30. The molecule has 0 aromatic heterocycles. The highest BCUT2D eigenvalue weighted by Gasteiger charge is 2.29. The number of anilines is 1. The van der Waals surface area contributed by atoms with E-state index in [4.69, 9.17) is 9.47 Å². The number of carbonyl (C=O) groups excluding carboxylic acids is 2. The summed E-state index contributed by atoms with van der Waals surface area (Å²) in [6.07, 6.45) is 2.49. The van der Waals surface area contributed by atoms with E-state index in [-0.39, 0.29) is 23.4 Å². The highest BCUT2D eigenvalue weighted by molar-refractivity contribution is 5.97. The number of piperidine rings is 1. The summed E-state index contributed by atoms with van der Waals surface area (Å²) in [5.74, 6) is -0.0907. The van der Waals surface area contributed by atoms with Gasteiger partial charge in [-0.15, -0.1) is 0 Å². The zero-order valence-corrected chi connectivity index (χ0v) is 15.7. The van der Waals surface area contributed by atoms with Crippen molar-refractivity contribution < 1.29 is 19.1 Å². The van der Waals surface area contributed by atoms with E-state index in [1.54, 1.807) is 11.8 Å². The van der Waals surface area contributed by atoms with Crippen molar-refractivity contribution in [3.63, 3.8) is 0 Å². The van der Waals surface area contributed by atoms with Gasteiger partial charge in [-0.3, -0.25) is 9.59 Å². The summed E-state index contributed by atoms with van der Waals surface area (Å²) in [5.41, 5.74) is 0.691. The minimum absolute atomic E-state index is 0.0101. The summed E-state index contributed by atoms with van der Waals surface area (Å²) in [5, 5.41) is 12.4. The number of nitriles is 1. The van der Waals surface area contributed by atoms with Gasteiger partial charge in [-0.25, -0.2) is 0 Å². The van der Waals surface area contributed by atoms with Gasteiger partial charge in [0, 0.05) is 19.3 Å². The molecule has 0 saturated carbocycles. The third kappa shape index (κ3) is 5.48. The van der Waals surface area contributed by atoms with Crippen molar-refractivity contribution in [2.45, 2.75) is 26.7 Å². The molecule has 1 aromatic carbocycles. The molecule has 1 aliphatic heterocycles. The number of hydrogen-bond acceptors (Lipinski definition) is 6. The van der Waals surface area contributed by atoms with Crippen molar-refractivity contribution in [2.24, 2.45) is 5.92 Å². The van der Waals surface area contributed by atoms with Gasteiger partial charge in [-0.1, -0.05) is 12.1 Å². The van der Waals surface area contributed by atoms with Gasteiger partial charge in [0.05, 0.1) is 24.8 Å². The molecule has 2 rings (SSSR count). The van der Waals surface area contributed by atoms with Crippen LogP contribution in [0.25, 0.3) is 0 Å². The van der Waals surface area contributed by atoms with Crippen molar-refractivity contribution in [1.82, 2.24) is 4.90 Å². The van der Waals surface area contributed by atoms with Gasteiger partial charge in [0.15, 0.2) is 0 Å². The first-order valence-electron chi connectivity index (χ1n) is 9.15. The summed E-state index contributed by atoms with van der Waals surface area (Å²) in [7, 11) is 0. The van der Waals surface area contributed by atoms with E-state index in [0.717, 1.165) is 0 Å². The molecule has 1 fully saturated rings. The lowest BCUT2D eigenvalue weighted by molar-refractivity contribution is -0.150. The summed E-state index contributed by atoms with van der Waals surface area (Å²) in [4.78, 5) is 26.0. The molecule has 0 spiro atoms. The number of hydrogen-bond donors (Lipinski definition) is 1. The normalized spacial score (nSPS) is 15.0. The van der Waals surface area contributed by atoms with Crippen molar-refractivity contribution in [2.75, 3.05) is 31.6 Å². The summed E-state index contributed by atoms with van der Waals surface area (Å²) >= 11 is 0. The number of benzene rings is 1. The van der Waals surface area contributed by atoms with Gasteiger partial charge in [0.2, 0.25) is 0 Å². The van der Waals surface area contributed by atoms with E-state index in [1.165, 1.54) is 6.20 Å². The molecule has 144 valence electrons. The number of rotatable bonds is 7. The molecule has 0 aliphatic carbocycles. The fraction of sp³-hybridized carbons (Fsp3) is 0.450. The topological polar surface area (TPSA) is 91.7 Å². The highest BCUT2D eigenvalue weighted by Crippen LogP contribution is 2.24. The Morgan fingerprint density at radius 3 is 2.59 bits per heavy atom. The fourth-order valence-electron chi connectivity index (χ4n) is 2.91. The average Bonchev–Trinajstić information content (AvgIpc) is 2.70. The van der Waals surface area contributed by atoms with Crippen LogP contribution in [-0.4, -0.2) is 43.1 Å². The molecular weight excluding hydrogens is 346 g/mol. The van der Waals surface area contributed by atoms with Crippen molar-refractivity contribution in [1.29, 1.82) is 5.26 Å². The lowest BCUT2D eigenvalue weighted by atomic mass is 9.96. The Morgan fingerprint density at radius 2 is 1.96 bits per heavy atom. The SMILES string of the molecule is CCOC(=O)C1CCN(C(=O)/C(C#N)=C\Nc2ccccc2OCC)CC1. The maximum atomic E-state index is 12.6. The van der Waals surface area contributed by atoms with E-state index >= 15 is 0 Å². The summed E-state index contributed by atoms with van der Waals surface area (Å²) in [6, 6.07) is 9.27. The minimum atomic E-state index is -0.346. The molecule has 0 bridgehead atoms. The molecule has 7 nitrogen and oxygen atoms in total. The molecule has 0 radical (unpaired) electrons. The Labute approximate surface area is 159 Å². The van der Waals surface area contributed by atoms with Gasteiger partial charge in [0.1, 0.15) is 17.4 Å². The van der Waals surface area contributed by atoms with Crippen LogP contribution in [0.3, 0.4) is 0 Å². The Morgan fingerprint density at radius 1 is 1.26 bits per heavy atom. The molecule has 27 heavy (non-hydrogen) atoms. The lowest BCUT2D eigenvalue weighted by Crippen LogP contribution is -2.41. The Balaban J connectivity index is 1.99. The van der Waals surface area contributed by atoms with Crippen LogP contribution in [0.4, 0.5) is 5.69 Å². The Hall–Kier alpha value is -3.01. The molecule has 1 aliphatic rings. The van der Waals surface area contributed by atoms with Crippen LogP contribution >= 0.6 is 0 Å². The van der Waals surface area contributed by atoms with Gasteiger partial charge in [-0.05, 0) is 38.8 Å². The first-order valence-corrected chi connectivity index (χ1v) is 9.15. The van der Waals surface area contributed by atoms with Crippen LogP contribution < -0.4 is 10.1 Å². The average molecular weight is 371 g/mol.